The number of esters is 1. The van der Waals surface area contributed by atoms with Gasteiger partial charge in [0.2, 0.25) is 19.9 Å². The molecule has 4 rings (SSSR count). The number of sulfone groups is 1. The fraction of sp³-hybridized carbons (Fsp3) is 0.227. The number of benzene rings is 2. The molecule has 0 saturated carbocycles. The van der Waals surface area contributed by atoms with Gasteiger partial charge in [0.05, 0.1) is 39.8 Å². The molecule has 0 radical (unpaired) electrons. The molecule has 1 saturated heterocycles. The smallest absolute Gasteiger partial charge is 0.338 e. The average molecular weight is 631 g/mol. The molecule has 14 nitrogen and oxygen atoms in total. The maximum atomic E-state index is 13.0. The van der Waals surface area contributed by atoms with Crippen LogP contribution >= 0.6 is 22.9 Å². The first-order valence-corrected chi connectivity index (χ1v) is 15.3. The van der Waals surface area contributed by atoms with Crippen molar-refractivity contribution < 1.29 is 40.8 Å². The molecule has 0 bridgehead atoms. The van der Waals surface area contributed by atoms with Gasteiger partial charge in [0.1, 0.15) is 9.10 Å². The minimum Gasteiger partial charge on any atom is -0.452 e. The van der Waals surface area contributed by atoms with Crippen molar-refractivity contribution in [2.45, 2.75) is 14.0 Å². The van der Waals surface area contributed by atoms with Gasteiger partial charge >= 0.3 is 5.97 Å². The van der Waals surface area contributed by atoms with E-state index in [0.29, 0.717) is 11.3 Å². The van der Waals surface area contributed by atoms with Crippen LogP contribution in [0.5, 0.6) is 0 Å². The number of nitrogens with one attached hydrogen (secondary N) is 1. The number of anilines is 1. The number of carbonyl (C=O) groups is 2. The van der Waals surface area contributed by atoms with Crippen LogP contribution in [0.3, 0.4) is 0 Å². The van der Waals surface area contributed by atoms with E-state index in [1.165, 1.54) is 16.4 Å². The standard InChI is InChI=1S/C22H19ClN4O10S3/c23-17-6-1-14(11-18(17)40(34,35)26-7-9-36-10-8-26)21(29)37-13-19(28)25-22-24-12-20(38-22)39(32,33)16-4-2-15(3-5-16)27(30)31/h1-6,11-12H,7-10,13H2,(H,24,25,28). The zero-order valence-corrected chi connectivity index (χ0v) is 23.4. The van der Waals surface area contributed by atoms with Gasteiger partial charge in [0.25, 0.3) is 11.6 Å². The molecule has 40 heavy (non-hydrogen) atoms. The van der Waals surface area contributed by atoms with E-state index < -0.39 is 43.3 Å². The topological polar surface area (TPSA) is 192 Å². The van der Waals surface area contributed by atoms with Crippen LogP contribution < -0.4 is 5.32 Å². The Labute approximate surface area is 236 Å². The molecule has 1 N–H and O–H groups in total. The lowest BCUT2D eigenvalue weighted by molar-refractivity contribution is -0.384. The largest absolute Gasteiger partial charge is 0.452 e. The van der Waals surface area contributed by atoms with E-state index >= 15 is 0 Å². The molecular weight excluding hydrogens is 612 g/mol. The first kappa shape index (κ1) is 29.5. The number of aromatic nitrogens is 1. The summed E-state index contributed by atoms with van der Waals surface area (Å²) in [5.41, 5.74) is -0.436. The van der Waals surface area contributed by atoms with Gasteiger partial charge in [-0.2, -0.15) is 4.31 Å². The molecule has 2 heterocycles. The number of rotatable bonds is 9. The Morgan fingerprint density at radius 3 is 2.45 bits per heavy atom. The Kier molecular flexibility index (Phi) is 8.81. The third-order valence-corrected chi connectivity index (χ3v) is 11.0. The van der Waals surface area contributed by atoms with Crippen molar-refractivity contribution >= 4 is 65.5 Å². The zero-order valence-electron chi connectivity index (χ0n) is 20.2. The van der Waals surface area contributed by atoms with Gasteiger partial charge in [0.15, 0.2) is 11.7 Å². The number of nitro benzene ring substituents is 1. The number of sulfonamides is 1. The van der Waals surface area contributed by atoms with Crippen molar-refractivity contribution in [1.29, 1.82) is 0 Å². The fourth-order valence-electron chi connectivity index (χ4n) is 3.43. The van der Waals surface area contributed by atoms with E-state index in [-0.39, 0.29) is 61.7 Å². The van der Waals surface area contributed by atoms with E-state index in [2.05, 4.69) is 10.3 Å². The van der Waals surface area contributed by atoms with E-state index in [1.54, 1.807) is 0 Å². The Morgan fingerprint density at radius 1 is 1.12 bits per heavy atom. The Balaban J connectivity index is 1.38. The molecule has 0 unspecified atom stereocenters. The van der Waals surface area contributed by atoms with Gasteiger partial charge in [-0.05, 0) is 30.3 Å². The molecule has 3 aromatic rings. The number of hydrogen-bond donors (Lipinski definition) is 1. The molecule has 0 aliphatic carbocycles. The van der Waals surface area contributed by atoms with Crippen molar-refractivity contribution in [2.75, 3.05) is 38.2 Å². The summed E-state index contributed by atoms with van der Waals surface area (Å²) < 4.78 is 62.5. The van der Waals surface area contributed by atoms with Crippen molar-refractivity contribution in [1.82, 2.24) is 9.29 Å². The molecule has 1 aromatic heterocycles. The van der Waals surface area contributed by atoms with Gasteiger partial charge in [-0.25, -0.2) is 26.6 Å². The maximum absolute atomic E-state index is 13.0. The normalized spacial score (nSPS) is 14.4. The van der Waals surface area contributed by atoms with Crippen molar-refractivity contribution in [3.63, 3.8) is 0 Å². The Bertz CT molecular complexity index is 1670. The van der Waals surface area contributed by atoms with Crippen LogP contribution in [0.2, 0.25) is 5.02 Å². The third kappa shape index (κ3) is 6.45. The average Bonchev–Trinajstić information content (AvgIpc) is 3.41. The molecule has 0 atom stereocenters. The lowest BCUT2D eigenvalue weighted by atomic mass is 10.2. The number of carbonyl (C=O) groups excluding carboxylic acids is 2. The highest BCUT2D eigenvalue weighted by molar-refractivity contribution is 7.93. The molecule has 2 aromatic carbocycles. The number of amides is 1. The number of hydrogen-bond acceptors (Lipinski definition) is 12. The van der Waals surface area contributed by atoms with E-state index in [4.69, 9.17) is 21.1 Å². The van der Waals surface area contributed by atoms with Crippen molar-refractivity contribution in [3.8, 4) is 0 Å². The first-order valence-electron chi connectivity index (χ1n) is 11.2. The number of thiazole rings is 1. The second kappa shape index (κ2) is 11.9. The molecule has 1 aliphatic heterocycles. The molecule has 1 amide bonds. The molecular formula is C22H19ClN4O10S3. The summed E-state index contributed by atoms with van der Waals surface area (Å²) in [6, 6.07) is 7.80. The van der Waals surface area contributed by atoms with Crippen LogP contribution in [0.25, 0.3) is 0 Å². The van der Waals surface area contributed by atoms with E-state index in [9.17, 15) is 36.5 Å². The van der Waals surface area contributed by atoms with Crippen LogP contribution in [-0.4, -0.2) is 75.8 Å². The molecule has 1 fully saturated rings. The van der Waals surface area contributed by atoms with Crippen LogP contribution in [0.4, 0.5) is 10.8 Å². The van der Waals surface area contributed by atoms with Crippen LogP contribution in [0.1, 0.15) is 10.4 Å². The predicted molar refractivity (Wildman–Crippen MR) is 141 cm³/mol. The van der Waals surface area contributed by atoms with Gasteiger partial charge in [0, 0.05) is 25.2 Å². The van der Waals surface area contributed by atoms with Crippen LogP contribution in [0.15, 0.2) is 62.7 Å². The fourth-order valence-corrected chi connectivity index (χ4v) is 7.79. The highest BCUT2D eigenvalue weighted by Crippen LogP contribution is 2.30. The van der Waals surface area contributed by atoms with E-state index in [0.717, 1.165) is 36.5 Å². The van der Waals surface area contributed by atoms with Crippen LogP contribution in [0, 0.1) is 10.1 Å². The minimum absolute atomic E-state index is 0.0935. The summed E-state index contributed by atoms with van der Waals surface area (Å²) >= 11 is 6.71. The van der Waals surface area contributed by atoms with Crippen LogP contribution in [-0.2, 0) is 34.1 Å². The molecule has 1 aliphatic rings. The maximum Gasteiger partial charge on any atom is 0.338 e. The molecule has 0 spiro atoms. The number of halogens is 1. The molecule has 212 valence electrons. The second-order valence-corrected chi connectivity index (χ2v) is 13.5. The zero-order chi connectivity index (χ0) is 29.1. The van der Waals surface area contributed by atoms with Gasteiger partial charge in [-0.1, -0.05) is 22.9 Å². The number of morpholine rings is 1. The Hall–Kier alpha value is -3.48. The molecule has 18 heteroatoms. The van der Waals surface area contributed by atoms with Gasteiger partial charge < -0.3 is 9.47 Å². The minimum atomic E-state index is -4.06. The first-order chi connectivity index (χ1) is 18.9. The summed E-state index contributed by atoms with van der Waals surface area (Å²) in [6.07, 6.45) is 1.01. The second-order valence-electron chi connectivity index (χ2n) is 8.02. The number of non-ortho nitro benzene ring substituents is 1. The highest BCUT2D eigenvalue weighted by atomic mass is 35.5. The quantitative estimate of drug-likeness (QED) is 0.207. The SMILES string of the molecule is O=C(COC(=O)c1ccc(Cl)c(S(=O)(=O)N2CCOCC2)c1)Nc1ncc(S(=O)(=O)c2ccc([N+](=O)[O-])cc2)s1. The van der Waals surface area contributed by atoms with E-state index in [1.807, 2.05) is 0 Å². The predicted octanol–water partition coefficient (Wildman–Crippen LogP) is 2.35. The Morgan fingerprint density at radius 2 is 1.80 bits per heavy atom. The van der Waals surface area contributed by atoms with Gasteiger partial charge in [-0.15, -0.1) is 0 Å². The lowest BCUT2D eigenvalue weighted by Crippen LogP contribution is -2.40. The third-order valence-electron chi connectivity index (χ3n) is 5.44. The summed E-state index contributed by atoms with van der Waals surface area (Å²) in [6.45, 7) is -0.0894. The van der Waals surface area contributed by atoms with Crippen molar-refractivity contribution in [3.05, 3.63) is 69.4 Å². The highest BCUT2D eigenvalue weighted by Gasteiger charge is 2.29. The summed E-state index contributed by atoms with van der Waals surface area (Å²) in [5.74, 6) is -1.83. The number of nitrogens with zero attached hydrogens (tertiary/aromatic N) is 3. The lowest BCUT2D eigenvalue weighted by Gasteiger charge is -2.26. The number of nitro groups is 1. The summed E-state index contributed by atoms with van der Waals surface area (Å²) in [5, 5.41) is 12.9. The summed E-state index contributed by atoms with van der Waals surface area (Å²) in [7, 11) is -8.07. The van der Waals surface area contributed by atoms with Crippen molar-refractivity contribution in [2.24, 2.45) is 0 Å². The summed E-state index contributed by atoms with van der Waals surface area (Å²) in [4.78, 5) is 38.3. The van der Waals surface area contributed by atoms with Gasteiger partial charge in [-0.3, -0.25) is 20.2 Å². The number of ether oxygens (including phenoxy) is 2. The monoisotopic (exact) mass is 630 g/mol.